The summed E-state index contributed by atoms with van der Waals surface area (Å²) in [4.78, 5) is 2.49. The van der Waals surface area contributed by atoms with Gasteiger partial charge in [-0.25, -0.2) is 0 Å². The Kier molecular flexibility index (Phi) is 4.79. The Bertz CT molecular complexity index is 1010. The van der Waals surface area contributed by atoms with Crippen LogP contribution in [0.4, 0.5) is 0 Å². The highest BCUT2D eigenvalue weighted by Gasteiger charge is 2.66. The van der Waals surface area contributed by atoms with Crippen LogP contribution in [0.2, 0.25) is 0 Å². The number of likely N-dealkylation sites (tertiary alicyclic amines) is 1. The number of piperidine rings is 1. The van der Waals surface area contributed by atoms with Gasteiger partial charge in [0.15, 0.2) is 11.5 Å². The second-order valence-corrected chi connectivity index (χ2v) is 10.3. The van der Waals surface area contributed by atoms with Crippen molar-refractivity contribution in [1.82, 2.24) is 4.90 Å². The van der Waals surface area contributed by atoms with E-state index in [1.54, 1.807) is 6.07 Å². The monoisotopic (exact) mass is 435 g/mol. The van der Waals surface area contributed by atoms with E-state index in [2.05, 4.69) is 56.1 Å². The van der Waals surface area contributed by atoms with Crippen molar-refractivity contribution < 1.29 is 19.3 Å². The quantitative estimate of drug-likeness (QED) is 0.772. The van der Waals surface area contributed by atoms with Crippen LogP contribution in [0.5, 0.6) is 11.5 Å². The first kappa shape index (κ1) is 20.5. The number of fused-ring (bicyclic) bond motifs is 3. The Morgan fingerprint density at radius 3 is 2.75 bits per heavy atom. The fraction of sp³-hybridized carbons (Fsp3) is 0.556. The number of hydrogen-bond donors (Lipinski definition) is 1. The van der Waals surface area contributed by atoms with Crippen LogP contribution in [0, 0.1) is 18.8 Å². The first-order chi connectivity index (χ1) is 15.5. The molecule has 3 aliphatic heterocycles. The number of benzene rings is 2. The lowest BCUT2D eigenvalue weighted by Crippen LogP contribution is -2.68. The van der Waals surface area contributed by atoms with Crippen LogP contribution < -0.4 is 4.74 Å². The van der Waals surface area contributed by atoms with Crippen LogP contribution in [0.25, 0.3) is 0 Å². The summed E-state index contributed by atoms with van der Waals surface area (Å²) in [5.74, 6) is 1.62. The first-order valence-corrected chi connectivity index (χ1v) is 12.0. The number of phenolic OH excluding ortho intramolecular Hbond substituents is 1. The highest BCUT2D eigenvalue weighted by molar-refractivity contribution is 5.58. The van der Waals surface area contributed by atoms with Gasteiger partial charge in [0.05, 0.1) is 6.10 Å². The SMILES string of the molecule is Cc1ccc(O)c2c1[C@]13CCN(C)C(C)C1C[C@@H]1C(Cc4ccccc4)OCOC1[C@@H]3O2. The van der Waals surface area contributed by atoms with E-state index < -0.39 is 0 Å². The van der Waals surface area contributed by atoms with E-state index in [0.717, 1.165) is 25.8 Å². The smallest absolute Gasteiger partial charge is 0.165 e. The molecule has 0 bridgehead atoms. The molecule has 0 amide bonds. The molecule has 2 aromatic rings. The molecule has 4 aliphatic rings. The van der Waals surface area contributed by atoms with Crippen LogP contribution in [-0.2, 0) is 21.3 Å². The third-order valence-electron chi connectivity index (χ3n) is 8.93. The topological polar surface area (TPSA) is 51.2 Å². The van der Waals surface area contributed by atoms with Crippen molar-refractivity contribution >= 4 is 0 Å². The van der Waals surface area contributed by atoms with E-state index in [4.69, 9.17) is 14.2 Å². The van der Waals surface area contributed by atoms with Crippen LogP contribution in [0.15, 0.2) is 42.5 Å². The second-order valence-electron chi connectivity index (χ2n) is 10.3. The van der Waals surface area contributed by atoms with E-state index in [1.165, 1.54) is 16.7 Å². The number of aromatic hydroxyl groups is 1. The van der Waals surface area contributed by atoms with Crippen molar-refractivity contribution in [3.05, 3.63) is 59.2 Å². The average Bonchev–Trinajstić information content (AvgIpc) is 3.16. The lowest BCUT2D eigenvalue weighted by molar-refractivity contribution is -0.259. The maximum absolute atomic E-state index is 10.7. The van der Waals surface area contributed by atoms with Crippen molar-refractivity contribution in [2.24, 2.45) is 11.8 Å². The average molecular weight is 436 g/mol. The minimum absolute atomic E-state index is 0.0319. The molecule has 3 fully saturated rings. The maximum Gasteiger partial charge on any atom is 0.165 e. The fourth-order valence-electron chi connectivity index (χ4n) is 7.27. The molecule has 170 valence electrons. The zero-order chi connectivity index (χ0) is 22.0. The predicted octanol–water partition coefficient (Wildman–Crippen LogP) is 4.04. The number of ether oxygens (including phenoxy) is 3. The van der Waals surface area contributed by atoms with Gasteiger partial charge < -0.3 is 24.2 Å². The highest BCUT2D eigenvalue weighted by atomic mass is 16.7. The van der Waals surface area contributed by atoms with E-state index >= 15 is 0 Å². The van der Waals surface area contributed by atoms with E-state index in [-0.39, 0.29) is 35.4 Å². The number of hydrogen-bond acceptors (Lipinski definition) is 5. The molecule has 5 heteroatoms. The molecule has 2 aromatic carbocycles. The molecule has 1 N–H and O–H groups in total. The summed E-state index contributed by atoms with van der Waals surface area (Å²) in [6.07, 6.45) is 2.94. The van der Waals surface area contributed by atoms with Crippen LogP contribution >= 0.6 is 0 Å². The molecule has 3 heterocycles. The van der Waals surface area contributed by atoms with E-state index in [0.29, 0.717) is 24.5 Å². The van der Waals surface area contributed by atoms with Gasteiger partial charge in [-0.15, -0.1) is 0 Å². The van der Waals surface area contributed by atoms with Gasteiger partial charge >= 0.3 is 0 Å². The Labute approximate surface area is 190 Å². The molecule has 6 rings (SSSR count). The summed E-state index contributed by atoms with van der Waals surface area (Å²) in [5, 5.41) is 10.7. The van der Waals surface area contributed by atoms with E-state index in [1.807, 2.05) is 6.07 Å². The van der Waals surface area contributed by atoms with Crippen LogP contribution in [0.1, 0.15) is 36.5 Å². The molecule has 1 aliphatic carbocycles. The van der Waals surface area contributed by atoms with Crippen molar-refractivity contribution in [3.8, 4) is 11.5 Å². The molecule has 0 aromatic heterocycles. The standard InChI is InChI=1S/C27H33NO4/c1-16-9-10-21(29)25-23(16)27-11-12-28(3)17(2)20(27)14-19-22(13-18-7-5-4-6-8-18)30-15-31-24(19)26(27)32-25/h4-10,17,19-20,22,24,26,29H,11-15H2,1-3H3/t17?,19-,20?,22?,24?,26+,27+/m1/s1. The van der Waals surface area contributed by atoms with Gasteiger partial charge in [0, 0.05) is 22.9 Å². The largest absolute Gasteiger partial charge is 0.504 e. The molecule has 1 saturated carbocycles. The molecular weight excluding hydrogens is 402 g/mol. The maximum atomic E-state index is 10.7. The normalized spacial score (nSPS) is 38.2. The summed E-state index contributed by atoms with van der Waals surface area (Å²) >= 11 is 0. The van der Waals surface area contributed by atoms with Crippen molar-refractivity contribution in [2.75, 3.05) is 20.4 Å². The summed E-state index contributed by atoms with van der Waals surface area (Å²) in [6, 6.07) is 14.9. The number of rotatable bonds is 2. The number of nitrogens with zero attached hydrogens (tertiary/aromatic N) is 1. The Balaban J connectivity index is 1.44. The summed E-state index contributed by atoms with van der Waals surface area (Å²) in [7, 11) is 2.24. The molecule has 4 unspecified atom stereocenters. The molecule has 0 radical (unpaired) electrons. The first-order valence-electron chi connectivity index (χ1n) is 12.0. The second kappa shape index (κ2) is 7.47. The van der Waals surface area contributed by atoms with Gasteiger partial charge in [-0.05, 0) is 69.8 Å². The number of phenols is 1. The minimum Gasteiger partial charge on any atom is -0.504 e. The Hall–Kier alpha value is -2.08. The molecule has 2 saturated heterocycles. The molecule has 5 nitrogen and oxygen atoms in total. The Morgan fingerprint density at radius 1 is 1.12 bits per heavy atom. The van der Waals surface area contributed by atoms with Gasteiger partial charge in [0.25, 0.3) is 0 Å². The van der Waals surface area contributed by atoms with Crippen molar-refractivity contribution in [3.63, 3.8) is 0 Å². The molecular formula is C27H33NO4. The van der Waals surface area contributed by atoms with Crippen molar-refractivity contribution in [1.29, 1.82) is 0 Å². The molecule has 32 heavy (non-hydrogen) atoms. The Morgan fingerprint density at radius 2 is 1.94 bits per heavy atom. The number of aryl methyl sites for hydroxylation is 1. The van der Waals surface area contributed by atoms with Gasteiger partial charge in [-0.1, -0.05) is 36.4 Å². The minimum atomic E-state index is -0.125. The zero-order valence-corrected chi connectivity index (χ0v) is 19.2. The fourth-order valence-corrected chi connectivity index (χ4v) is 7.27. The predicted molar refractivity (Wildman–Crippen MR) is 122 cm³/mol. The zero-order valence-electron chi connectivity index (χ0n) is 19.2. The van der Waals surface area contributed by atoms with Gasteiger partial charge in [-0.2, -0.15) is 0 Å². The molecule has 1 spiro atoms. The lowest BCUT2D eigenvalue weighted by Gasteiger charge is -2.59. The summed E-state index contributed by atoms with van der Waals surface area (Å²) in [5.41, 5.74) is 3.61. The lowest BCUT2D eigenvalue weighted by atomic mass is 9.52. The summed E-state index contributed by atoms with van der Waals surface area (Å²) < 4.78 is 19.2. The van der Waals surface area contributed by atoms with Gasteiger partial charge in [0.1, 0.15) is 19.0 Å². The third kappa shape index (κ3) is 2.81. The molecule has 7 atom stereocenters. The van der Waals surface area contributed by atoms with Gasteiger partial charge in [0.2, 0.25) is 0 Å². The van der Waals surface area contributed by atoms with Crippen LogP contribution in [-0.4, -0.2) is 54.7 Å². The third-order valence-corrected chi connectivity index (χ3v) is 8.93. The van der Waals surface area contributed by atoms with Crippen molar-refractivity contribution in [2.45, 2.75) is 62.9 Å². The summed E-state index contributed by atoms with van der Waals surface area (Å²) in [6.45, 7) is 5.84. The highest BCUT2D eigenvalue weighted by Crippen LogP contribution is 2.63. The van der Waals surface area contributed by atoms with Crippen LogP contribution in [0.3, 0.4) is 0 Å². The van der Waals surface area contributed by atoms with Gasteiger partial charge in [-0.3, -0.25) is 0 Å². The van der Waals surface area contributed by atoms with E-state index in [9.17, 15) is 5.11 Å².